The van der Waals surface area contributed by atoms with Crippen LogP contribution >= 0.6 is 0 Å². The molecule has 0 amide bonds. The second kappa shape index (κ2) is 3.17. The molecule has 0 unspecified atom stereocenters. The highest BCUT2D eigenvalue weighted by atomic mass is 14.8. The maximum absolute atomic E-state index is 5.66. The van der Waals surface area contributed by atoms with Gasteiger partial charge in [0, 0.05) is 0 Å². The van der Waals surface area contributed by atoms with Crippen LogP contribution in [0, 0.1) is 0 Å². The monoisotopic (exact) mass is 172 g/mol. The van der Waals surface area contributed by atoms with Gasteiger partial charge in [-0.2, -0.15) is 0 Å². The van der Waals surface area contributed by atoms with E-state index in [4.69, 9.17) is 11.5 Å². The average Bonchev–Trinajstić information content (AvgIpc) is 2.17. The normalized spacial score (nSPS) is 11.0. The molecule has 0 fully saturated rings. The first-order valence-electron chi connectivity index (χ1n) is 4.28. The smallest absolute Gasteiger partial charge is 0.0790 e. The molecule has 0 saturated heterocycles. The first-order chi connectivity index (χ1) is 6.29. The molecule has 0 radical (unpaired) electrons. The minimum absolute atomic E-state index is 0.397. The summed E-state index contributed by atoms with van der Waals surface area (Å²) in [7, 11) is 0. The Kier molecular flexibility index (Phi) is 2.00. The van der Waals surface area contributed by atoms with Gasteiger partial charge in [0.25, 0.3) is 0 Å². The third kappa shape index (κ3) is 1.41. The van der Waals surface area contributed by atoms with Gasteiger partial charge in [-0.05, 0) is 16.3 Å². The third-order valence-corrected chi connectivity index (χ3v) is 2.18. The molecule has 0 aliphatic rings. The quantitative estimate of drug-likeness (QED) is 0.644. The van der Waals surface area contributed by atoms with Crippen LogP contribution in [0.15, 0.2) is 42.5 Å². The van der Waals surface area contributed by atoms with Crippen molar-refractivity contribution in [2.24, 2.45) is 11.5 Å². The van der Waals surface area contributed by atoms with Crippen molar-refractivity contribution in [1.82, 2.24) is 0 Å². The van der Waals surface area contributed by atoms with Crippen molar-refractivity contribution in [3.8, 4) is 0 Å². The minimum Gasteiger partial charge on any atom is -0.312 e. The Labute approximate surface area is 77.2 Å². The summed E-state index contributed by atoms with van der Waals surface area (Å²) in [6, 6.07) is 14.1. The van der Waals surface area contributed by atoms with Crippen molar-refractivity contribution in [3.05, 3.63) is 48.0 Å². The van der Waals surface area contributed by atoms with Gasteiger partial charge in [0.2, 0.25) is 0 Å². The highest BCUT2D eigenvalue weighted by Gasteiger charge is 2.03. The molecule has 2 aromatic carbocycles. The number of hydrogen-bond donors (Lipinski definition) is 2. The summed E-state index contributed by atoms with van der Waals surface area (Å²) < 4.78 is 0. The van der Waals surface area contributed by atoms with Crippen molar-refractivity contribution in [2.45, 2.75) is 6.17 Å². The van der Waals surface area contributed by atoms with Crippen molar-refractivity contribution in [2.75, 3.05) is 0 Å². The van der Waals surface area contributed by atoms with E-state index in [1.165, 1.54) is 5.39 Å². The van der Waals surface area contributed by atoms with Crippen LogP contribution in [0.4, 0.5) is 0 Å². The molecule has 2 heteroatoms. The van der Waals surface area contributed by atoms with Crippen LogP contribution in [0.5, 0.6) is 0 Å². The van der Waals surface area contributed by atoms with E-state index < -0.39 is 6.17 Å². The molecule has 0 heterocycles. The standard InChI is InChI=1S/C11H12N2/c12-11(13)10-7-3-5-8-4-1-2-6-9(8)10/h1-7,11H,12-13H2. The second-order valence-corrected chi connectivity index (χ2v) is 3.09. The zero-order chi connectivity index (χ0) is 9.26. The molecule has 66 valence electrons. The van der Waals surface area contributed by atoms with Crippen molar-refractivity contribution in [1.29, 1.82) is 0 Å². The number of nitrogens with two attached hydrogens (primary N) is 2. The summed E-state index contributed by atoms with van der Waals surface area (Å²) in [5.41, 5.74) is 12.3. The van der Waals surface area contributed by atoms with Gasteiger partial charge >= 0.3 is 0 Å². The summed E-state index contributed by atoms with van der Waals surface area (Å²) in [6.07, 6.45) is -0.397. The summed E-state index contributed by atoms with van der Waals surface area (Å²) in [5, 5.41) is 2.32. The lowest BCUT2D eigenvalue weighted by molar-refractivity contribution is 0.781. The Balaban J connectivity index is 2.76. The largest absolute Gasteiger partial charge is 0.312 e. The van der Waals surface area contributed by atoms with Gasteiger partial charge in [0.05, 0.1) is 6.17 Å². The fourth-order valence-corrected chi connectivity index (χ4v) is 1.54. The van der Waals surface area contributed by atoms with Crippen LogP contribution in [0.3, 0.4) is 0 Å². The van der Waals surface area contributed by atoms with Gasteiger partial charge in [0.1, 0.15) is 0 Å². The van der Waals surface area contributed by atoms with Crippen LogP contribution in [0.1, 0.15) is 11.7 Å². The molecule has 0 saturated carbocycles. The predicted octanol–water partition coefficient (Wildman–Crippen LogP) is 1.76. The molecule has 2 aromatic rings. The Morgan fingerprint density at radius 2 is 1.54 bits per heavy atom. The van der Waals surface area contributed by atoms with Gasteiger partial charge in [0.15, 0.2) is 0 Å². The van der Waals surface area contributed by atoms with Gasteiger partial charge in [-0.3, -0.25) is 0 Å². The van der Waals surface area contributed by atoms with Crippen LogP contribution < -0.4 is 11.5 Å². The molecule has 0 atom stereocenters. The lowest BCUT2D eigenvalue weighted by Crippen LogP contribution is -2.20. The topological polar surface area (TPSA) is 52.0 Å². The van der Waals surface area contributed by atoms with E-state index in [1.54, 1.807) is 0 Å². The molecule has 0 aliphatic heterocycles. The highest BCUT2D eigenvalue weighted by Crippen LogP contribution is 2.20. The van der Waals surface area contributed by atoms with Crippen LogP contribution in [0.25, 0.3) is 10.8 Å². The maximum Gasteiger partial charge on any atom is 0.0790 e. The molecule has 4 N–H and O–H groups in total. The molecule has 0 aromatic heterocycles. The van der Waals surface area contributed by atoms with E-state index in [9.17, 15) is 0 Å². The van der Waals surface area contributed by atoms with E-state index >= 15 is 0 Å². The predicted molar refractivity (Wildman–Crippen MR) is 55.1 cm³/mol. The van der Waals surface area contributed by atoms with E-state index in [-0.39, 0.29) is 0 Å². The van der Waals surface area contributed by atoms with Gasteiger partial charge < -0.3 is 11.5 Å². The van der Waals surface area contributed by atoms with Gasteiger partial charge in [-0.1, -0.05) is 42.5 Å². The van der Waals surface area contributed by atoms with Crippen LogP contribution in [-0.2, 0) is 0 Å². The van der Waals surface area contributed by atoms with Crippen LogP contribution in [-0.4, -0.2) is 0 Å². The van der Waals surface area contributed by atoms with Crippen molar-refractivity contribution in [3.63, 3.8) is 0 Å². The average molecular weight is 172 g/mol. The van der Waals surface area contributed by atoms with Crippen molar-refractivity contribution < 1.29 is 0 Å². The summed E-state index contributed by atoms with van der Waals surface area (Å²) in [5.74, 6) is 0. The molecular formula is C11H12N2. The summed E-state index contributed by atoms with van der Waals surface area (Å²) >= 11 is 0. The molecule has 13 heavy (non-hydrogen) atoms. The van der Waals surface area contributed by atoms with E-state index in [1.807, 2.05) is 30.3 Å². The number of benzene rings is 2. The van der Waals surface area contributed by atoms with E-state index in [0.717, 1.165) is 10.9 Å². The van der Waals surface area contributed by atoms with Gasteiger partial charge in [-0.25, -0.2) is 0 Å². The third-order valence-electron chi connectivity index (χ3n) is 2.18. The fourth-order valence-electron chi connectivity index (χ4n) is 1.54. The highest BCUT2D eigenvalue weighted by molar-refractivity contribution is 5.85. The molecule has 0 aliphatic carbocycles. The van der Waals surface area contributed by atoms with Crippen LogP contribution in [0.2, 0.25) is 0 Å². The number of fused-ring (bicyclic) bond motifs is 1. The Morgan fingerprint density at radius 1 is 0.846 bits per heavy atom. The van der Waals surface area contributed by atoms with E-state index in [0.29, 0.717) is 0 Å². The number of hydrogen-bond acceptors (Lipinski definition) is 2. The summed E-state index contributed by atoms with van der Waals surface area (Å²) in [4.78, 5) is 0. The lowest BCUT2D eigenvalue weighted by Gasteiger charge is -2.09. The first kappa shape index (κ1) is 8.23. The molecule has 0 bridgehead atoms. The summed E-state index contributed by atoms with van der Waals surface area (Å²) in [6.45, 7) is 0. The SMILES string of the molecule is NC(N)c1cccc2ccccc12. The molecular weight excluding hydrogens is 160 g/mol. The molecule has 2 rings (SSSR count). The maximum atomic E-state index is 5.66. The fraction of sp³-hybridized carbons (Fsp3) is 0.0909. The minimum atomic E-state index is -0.397. The zero-order valence-electron chi connectivity index (χ0n) is 7.27. The Morgan fingerprint density at radius 3 is 2.31 bits per heavy atom. The molecule has 0 spiro atoms. The zero-order valence-corrected chi connectivity index (χ0v) is 7.27. The Bertz CT molecular complexity index is 416. The first-order valence-corrected chi connectivity index (χ1v) is 4.28. The van der Waals surface area contributed by atoms with Crippen molar-refractivity contribution >= 4 is 10.8 Å². The van der Waals surface area contributed by atoms with E-state index in [2.05, 4.69) is 12.1 Å². The Hall–Kier alpha value is -1.38. The number of rotatable bonds is 1. The lowest BCUT2D eigenvalue weighted by atomic mass is 10.0. The second-order valence-electron chi connectivity index (χ2n) is 3.09. The van der Waals surface area contributed by atoms with Gasteiger partial charge in [-0.15, -0.1) is 0 Å². The molecule has 2 nitrogen and oxygen atoms in total.